The summed E-state index contributed by atoms with van der Waals surface area (Å²) < 4.78 is 15.4. The fourth-order valence-electron chi connectivity index (χ4n) is 9.87. The van der Waals surface area contributed by atoms with E-state index in [-0.39, 0.29) is 86.7 Å². The lowest BCUT2D eigenvalue weighted by Crippen LogP contribution is -2.57. The standard InChI is InChI=1S/C71H103N11O17/c1-14-16-50(37-40(3)4)62(87)48-21-23-49(24-22-48)66(91)79-54(30-33-57(84)81-60(41(5)6)69(94)74-44(11)64(89)76-51-25-17-46(18-26-51)38-98-59(86)15-2)68(93)80-55(67(92)78-53(63(72)88)29-32-56(83)73-35-36-97-13)31-34-58(85)82-61(42(7)8)70(95)75-45(12)65(90)77-52-27-19-47(20-28-52)39-99-71(96)43(9)10/h17-28,40-45,50,53-55,60-61H,14-16,29-39H2,1-13H3,(H2,72,88)(H,73,83)(H,74,94)(H,75,95)(H,76,89)(H,77,90)(H,78,92)(H,79,91)(H,80,93)(H,81,84)(H,82,85)/t44-,45-,50?,53-,54-,55-,60-,61-/m0/s1. The largest absolute Gasteiger partial charge is 0.461 e. The number of hydrogen-bond acceptors (Lipinski definition) is 17. The van der Waals surface area contributed by atoms with E-state index in [0.29, 0.717) is 40.9 Å². The van der Waals surface area contributed by atoms with Crippen molar-refractivity contribution in [3.05, 3.63) is 95.1 Å². The molecule has 0 spiro atoms. The van der Waals surface area contributed by atoms with Gasteiger partial charge in [-0.05, 0) is 111 Å². The van der Waals surface area contributed by atoms with Crippen LogP contribution >= 0.6 is 0 Å². The number of anilines is 2. The number of nitrogens with two attached hydrogens (primary N) is 1. The third-order valence-corrected chi connectivity index (χ3v) is 15.7. The van der Waals surface area contributed by atoms with Crippen LogP contribution in [0.4, 0.5) is 11.4 Å². The van der Waals surface area contributed by atoms with Gasteiger partial charge >= 0.3 is 11.9 Å². The smallest absolute Gasteiger partial charge is 0.308 e. The van der Waals surface area contributed by atoms with Crippen LogP contribution in [0.15, 0.2) is 72.8 Å². The first-order chi connectivity index (χ1) is 46.8. The maximum absolute atomic E-state index is 14.8. The molecule has 0 saturated carbocycles. The Bertz CT molecular complexity index is 3230. The number of benzene rings is 3. The Hall–Kier alpha value is -9.60. The predicted molar refractivity (Wildman–Crippen MR) is 369 cm³/mol. The summed E-state index contributed by atoms with van der Waals surface area (Å²) in [6.07, 6.45) is -0.463. The quantitative estimate of drug-likeness (QED) is 0.0208. The second-order valence-corrected chi connectivity index (χ2v) is 25.8. The summed E-state index contributed by atoms with van der Waals surface area (Å²) in [5, 5.41) is 26.1. The van der Waals surface area contributed by atoms with E-state index in [2.05, 4.69) is 53.2 Å². The molecule has 0 bridgehead atoms. The Labute approximate surface area is 579 Å². The number of amides is 11. The van der Waals surface area contributed by atoms with E-state index < -0.39 is 145 Å². The van der Waals surface area contributed by atoms with Crippen LogP contribution in [0.1, 0.15) is 179 Å². The summed E-state index contributed by atoms with van der Waals surface area (Å²) in [6.45, 7) is 20.9. The molecule has 0 aliphatic carbocycles. The molecule has 99 heavy (non-hydrogen) atoms. The van der Waals surface area contributed by atoms with Gasteiger partial charge in [0.1, 0.15) is 55.5 Å². The second-order valence-electron chi connectivity index (χ2n) is 25.8. The average Bonchev–Trinajstić information content (AvgIpc) is 0.861. The van der Waals surface area contributed by atoms with Crippen LogP contribution in [0.5, 0.6) is 0 Å². The molecular formula is C71H103N11O17. The molecule has 8 atom stereocenters. The molecule has 0 aliphatic heterocycles. The fourth-order valence-corrected chi connectivity index (χ4v) is 9.87. The molecule has 0 saturated heterocycles. The average molecular weight is 1380 g/mol. The first kappa shape index (κ1) is 83.6. The van der Waals surface area contributed by atoms with E-state index in [1.165, 1.54) is 45.2 Å². The maximum atomic E-state index is 14.8. The number of primary amides is 1. The third-order valence-electron chi connectivity index (χ3n) is 15.7. The number of Topliss-reactive ketones (excluding diaryl/α,β-unsaturated/α-hetero) is 1. The number of carbonyl (C=O) groups is 14. The summed E-state index contributed by atoms with van der Waals surface area (Å²) in [6, 6.07) is 9.15. The monoisotopic (exact) mass is 1380 g/mol. The van der Waals surface area contributed by atoms with E-state index in [9.17, 15) is 67.1 Å². The highest BCUT2D eigenvalue weighted by molar-refractivity contribution is 6.03. The van der Waals surface area contributed by atoms with Gasteiger partial charge < -0.3 is 73.1 Å². The Kier molecular flexibility index (Phi) is 36.3. The van der Waals surface area contributed by atoms with Crippen LogP contribution in [-0.2, 0) is 85.0 Å². The molecule has 28 heteroatoms. The minimum absolute atomic E-state index is 0.000314. The molecule has 3 aromatic carbocycles. The number of carbonyl (C=O) groups excluding carboxylic acids is 14. The molecule has 11 amide bonds. The zero-order valence-electron chi connectivity index (χ0n) is 59.3. The van der Waals surface area contributed by atoms with Crippen LogP contribution in [0.25, 0.3) is 0 Å². The molecule has 28 nitrogen and oxygen atoms in total. The Morgan fingerprint density at radius 2 is 0.899 bits per heavy atom. The predicted octanol–water partition coefficient (Wildman–Crippen LogP) is 4.71. The van der Waals surface area contributed by atoms with Crippen molar-refractivity contribution in [2.24, 2.45) is 35.3 Å². The minimum atomic E-state index is -1.73. The number of ether oxygens (including phenoxy) is 3. The van der Waals surface area contributed by atoms with Crippen molar-refractivity contribution in [3.8, 4) is 0 Å². The van der Waals surface area contributed by atoms with Crippen LogP contribution in [0.3, 0.4) is 0 Å². The number of methoxy groups -OCH3 is 1. The molecule has 0 radical (unpaired) electrons. The molecule has 3 aromatic rings. The van der Waals surface area contributed by atoms with Crippen molar-refractivity contribution in [1.29, 1.82) is 0 Å². The molecule has 0 fully saturated rings. The van der Waals surface area contributed by atoms with Gasteiger partial charge in [-0.2, -0.15) is 0 Å². The van der Waals surface area contributed by atoms with Crippen molar-refractivity contribution < 1.29 is 81.3 Å². The number of nitrogens with one attached hydrogen (secondary N) is 10. The zero-order chi connectivity index (χ0) is 74.1. The molecule has 0 aromatic heterocycles. The first-order valence-electron chi connectivity index (χ1n) is 33.7. The molecule has 1 unspecified atom stereocenters. The van der Waals surface area contributed by atoms with Gasteiger partial charge in [0.25, 0.3) is 5.91 Å². The van der Waals surface area contributed by atoms with Crippen molar-refractivity contribution in [2.75, 3.05) is 30.9 Å². The molecule has 0 aliphatic rings. The Morgan fingerprint density at radius 3 is 1.32 bits per heavy atom. The van der Waals surface area contributed by atoms with Gasteiger partial charge in [0.2, 0.25) is 59.1 Å². The summed E-state index contributed by atoms with van der Waals surface area (Å²) >= 11 is 0. The maximum Gasteiger partial charge on any atom is 0.308 e. The molecule has 3 rings (SSSR count). The van der Waals surface area contributed by atoms with Crippen molar-refractivity contribution in [1.82, 2.24) is 42.5 Å². The SMILES string of the molecule is CCCC(CC(C)C)C(=O)c1ccc(C(=O)N[C@@H](CCC(=O)N[C@H](C(=O)N[C@@H](C)C(=O)Nc2ccc(COC(=O)CC)cc2)C(C)C)C(=O)N[C@@H](CCC(=O)N[C@H](C(=O)N[C@@H](C)C(=O)Nc2ccc(COC(=O)C(C)C)cc2)C(C)C)C(=O)N[C@@H](CCC(=O)NCCOC)C(N)=O)cc1. The first-order valence-corrected chi connectivity index (χ1v) is 33.7. The highest BCUT2D eigenvalue weighted by Crippen LogP contribution is 2.23. The lowest BCUT2D eigenvalue weighted by molar-refractivity contribution is -0.148. The molecule has 544 valence electrons. The van der Waals surface area contributed by atoms with Gasteiger partial charge in [-0.1, -0.05) is 112 Å². The Morgan fingerprint density at radius 1 is 0.465 bits per heavy atom. The van der Waals surface area contributed by atoms with Crippen LogP contribution in [-0.4, -0.2) is 145 Å². The van der Waals surface area contributed by atoms with Gasteiger partial charge in [0.05, 0.1) is 12.5 Å². The van der Waals surface area contributed by atoms with Gasteiger partial charge in [-0.25, -0.2) is 0 Å². The van der Waals surface area contributed by atoms with Crippen molar-refractivity contribution >= 4 is 94.1 Å². The van der Waals surface area contributed by atoms with E-state index in [1.807, 2.05) is 20.8 Å². The number of esters is 2. The highest BCUT2D eigenvalue weighted by Gasteiger charge is 2.34. The van der Waals surface area contributed by atoms with Gasteiger partial charge in [-0.3, -0.25) is 67.1 Å². The topological polar surface area (TPSA) is 413 Å². The third kappa shape index (κ3) is 30.4. The minimum Gasteiger partial charge on any atom is -0.461 e. The molecular weight excluding hydrogens is 1280 g/mol. The normalized spacial score (nSPS) is 13.5. The zero-order valence-corrected chi connectivity index (χ0v) is 59.3. The number of ketones is 1. The highest BCUT2D eigenvalue weighted by atomic mass is 16.5. The van der Waals surface area contributed by atoms with E-state index in [1.54, 1.807) is 97.0 Å². The van der Waals surface area contributed by atoms with E-state index in [0.717, 1.165) is 6.42 Å². The molecule has 0 heterocycles. The van der Waals surface area contributed by atoms with Gasteiger partial charge in [0.15, 0.2) is 5.78 Å². The summed E-state index contributed by atoms with van der Waals surface area (Å²) in [7, 11) is 1.43. The van der Waals surface area contributed by atoms with Crippen molar-refractivity contribution in [3.63, 3.8) is 0 Å². The number of rotatable bonds is 43. The Balaban J connectivity index is 1.95. The van der Waals surface area contributed by atoms with Gasteiger partial charge in [-0.15, -0.1) is 0 Å². The van der Waals surface area contributed by atoms with Crippen LogP contribution in [0, 0.1) is 29.6 Å². The lowest BCUT2D eigenvalue weighted by Gasteiger charge is -2.26. The molecule has 12 N–H and O–H groups in total. The summed E-state index contributed by atoms with van der Waals surface area (Å²) in [4.78, 5) is 188. The van der Waals surface area contributed by atoms with E-state index >= 15 is 0 Å². The van der Waals surface area contributed by atoms with Crippen molar-refractivity contribution in [2.45, 2.75) is 203 Å². The summed E-state index contributed by atoms with van der Waals surface area (Å²) in [5.74, 6) is -11.2. The lowest BCUT2D eigenvalue weighted by atomic mass is 9.86. The van der Waals surface area contributed by atoms with Crippen LogP contribution < -0.4 is 58.9 Å². The number of hydrogen-bond donors (Lipinski definition) is 11. The van der Waals surface area contributed by atoms with Gasteiger partial charge in [0, 0.05) is 67.8 Å². The second kappa shape index (κ2) is 42.9. The van der Waals surface area contributed by atoms with E-state index in [4.69, 9.17) is 19.9 Å². The fraction of sp³-hybridized carbons (Fsp3) is 0.549. The van der Waals surface area contributed by atoms with Crippen LogP contribution in [0.2, 0.25) is 0 Å². The summed E-state index contributed by atoms with van der Waals surface area (Å²) in [5.41, 5.74) is 8.19.